The van der Waals surface area contributed by atoms with Gasteiger partial charge in [-0.1, -0.05) is 42.5 Å². The van der Waals surface area contributed by atoms with Crippen molar-refractivity contribution in [1.82, 2.24) is 19.5 Å². The van der Waals surface area contributed by atoms with E-state index in [1.165, 1.54) is 25.1 Å². The molecule has 2 aromatic carbocycles. The lowest BCUT2D eigenvalue weighted by Crippen LogP contribution is -2.36. The molecular weight excluding hydrogens is 374 g/mol. The van der Waals surface area contributed by atoms with E-state index in [1.54, 1.807) is 13.4 Å². The molecule has 1 fully saturated rings. The van der Waals surface area contributed by atoms with E-state index in [4.69, 9.17) is 4.74 Å². The van der Waals surface area contributed by atoms with E-state index in [0.717, 1.165) is 40.4 Å². The van der Waals surface area contributed by atoms with Gasteiger partial charge < -0.3 is 10.1 Å². The van der Waals surface area contributed by atoms with Crippen molar-refractivity contribution in [3.05, 3.63) is 78.1 Å². The van der Waals surface area contributed by atoms with Crippen LogP contribution in [0, 0.1) is 0 Å². The number of methoxy groups -OCH3 is 1. The van der Waals surface area contributed by atoms with Gasteiger partial charge in [-0.05, 0) is 48.8 Å². The number of hydrogen-bond donors (Lipinski definition) is 1. The second-order valence-electron chi connectivity index (χ2n) is 7.65. The molecule has 4 aromatic rings. The molecule has 0 amide bonds. The van der Waals surface area contributed by atoms with Gasteiger partial charge in [-0.15, -0.1) is 10.2 Å². The fraction of sp³-hybridized carbons (Fsp3) is 0.250. The van der Waals surface area contributed by atoms with Crippen molar-refractivity contribution in [1.29, 1.82) is 0 Å². The van der Waals surface area contributed by atoms with Crippen molar-refractivity contribution in [2.24, 2.45) is 0 Å². The average molecular weight is 399 g/mol. The molecule has 1 saturated heterocycles. The van der Waals surface area contributed by atoms with Crippen LogP contribution in [0.1, 0.15) is 17.5 Å². The maximum Gasteiger partial charge on any atom is 0.170 e. The minimum atomic E-state index is 0.655. The third kappa shape index (κ3) is 3.62. The van der Waals surface area contributed by atoms with Crippen LogP contribution in [0.15, 0.2) is 67.0 Å². The third-order valence-electron chi connectivity index (χ3n) is 5.73. The van der Waals surface area contributed by atoms with E-state index < -0.39 is 0 Å². The number of pyridine rings is 1. The van der Waals surface area contributed by atoms with Crippen LogP contribution in [-0.4, -0.2) is 39.7 Å². The van der Waals surface area contributed by atoms with Crippen LogP contribution < -0.4 is 10.1 Å². The largest absolute Gasteiger partial charge is 0.496 e. The molecule has 0 radical (unpaired) electrons. The number of nitrogens with one attached hydrogen (secondary N) is 1. The van der Waals surface area contributed by atoms with Gasteiger partial charge >= 0.3 is 0 Å². The number of rotatable bonds is 7. The van der Waals surface area contributed by atoms with E-state index in [2.05, 4.69) is 62.9 Å². The molecule has 1 N–H and O–H groups in total. The highest BCUT2D eigenvalue weighted by molar-refractivity contribution is 5.79. The summed E-state index contributed by atoms with van der Waals surface area (Å²) in [5.41, 5.74) is 5.52. The highest BCUT2D eigenvalue weighted by Crippen LogP contribution is 2.27. The molecule has 5 rings (SSSR count). The Morgan fingerprint density at radius 2 is 1.83 bits per heavy atom. The average Bonchev–Trinajstić information content (AvgIpc) is 3.25. The second-order valence-corrected chi connectivity index (χ2v) is 7.65. The van der Waals surface area contributed by atoms with Crippen molar-refractivity contribution >= 4 is 11.5 Å². The van der Waals surface area contributed by atoms with E-state index in [0.29, 0.717) is 6.54 Å². The van der Waals surface area contributed by atoms with Crippen molar-refractivity contribution in [2.75, 3.05) is 25.5 Å². The number of benzene rings is 2. The van der Waals surface area contributed by atoms with Gasteiger partial charge in [0, 0.05) is 24.2 Å². The Hall–Kier alpha value is -3.38. The Morgan fingerprint density at radius 1 is 1.00 bits per heavy atom. The van der Waals surface area contributed by atoms with Crippen LogP contribution in [0.2, 0.25) is 0 Å². The lowest BCUT2D eigenvalue weighted by Gasteiger charge is -2.30. The summed E-state index contributed by atoms with van der Waals surface area (Å²) in [5.74, 6) is 1.82. The highest BCUT2D eigenvalue weighted by atomic mass is 16.5. The Morgan fingerprint density at radius 3 is 2.60 bits per heavy atom. The SMILES string of the molecule is COc1ccccc1CNc1ccc(-c2ccc(CN3CCC3)cc2)c2nncn12. The molecule has 152 valence electrons. The van der Waals surface area contributed by atoms with Gasteiger partial charge in [0.05, 0.1) is 7.11 Å². The minimum absolute atomic E-state index is 0.655. The molecule has 30 heavy (non-hydrogen) atoms. The Balaban J connectivity index is 1.38. The highest BCUT2D eigenvalue weighted by Gasteiger charge is 2.14. The molecule has 0 unspecified atom stereocenters. The van der Waals surface area contributed by atoms with E-state index in [1.807, 2.05) is 22.6 Å². The zero-order valence-corrected chi connectivity index (χ0v) is 17.1. The first kappa shape index (κ1) is 18.6. The van der Waals surface area contributed by atoms with Crippen LogP contribution in [0.25, 0.3) is 16.8 Å². The fourth-order valence-electron chi connectivity index (χ4n) is 3.90. The number of para-hydroxylation sites is 1. The van der Waals surface area contributed by atoms with Gasteiger partial charge in [-0.2, -0.15) is 0 Å². The molecule has 0 bridgehead atoms. The van der Waals surface area contributed by atoms with Gasteiger partial charge in [0.25, 0.3) is 0 Å². The molecular formula is C24H25N5O. The first-order valence-corrected chi connectivity index (χ1v) is 10.3. The fourth-order valence-corrected chi connectivity index (χ4v) is 3.90. The molecule has 1 aliphatic rings. The summed E-state index contributed by atoms with van der Waals surface area (Å²) in [6.45, 7) is 4.12. The number of likely N-dealkylation sites (tertiary alicyclic amines) is 1. The number of aromatic nitrogens is 3. The number of fused-ring (bicyclic) bond motifs is 1. The molecule has 0 saturated carbocycles. The molecule has 0 spiro atoms. The summed E-state index contributed by atoms with van der Waals surface area (Å²) >= 11 is 0. The van der Waals surface area contributed by atoms with Crippen LogP contribution in [0.4, 0.5) is 5.82 Å². The summed E-state index contributed by atoms with van der Waals surface area (Å²) < 4.78 is 7.45. The molecule has 1 aliphatic heterocycles. The zero-order valence-electron chi connectivity index (χ0n) is 17.1. The van der Waals surface area contributed by atoms with Crippen molar-refractivity contribution < 1.29 is 4.74 Å². The van der Waals surface area contributed by atoms with Crippen molar-refractivity contribution in [3.63, 3.8) is 0 Å². The van der Waals surface area contributed by atoms with Crippen molar-refractivity contribution in [3.8, 4) is 16.9 Å². The zero-order chi connectivity index (χ0) is 20.3. The van der Waals surface area contributed by atoms with E-state index >= 15 is 0 Å². The smallest absolute Gasteiger partial charge is 0.170 e. The summed E-state index contributed by atoms with van der Waals surface area (Å²) in [6.07, 6.45) is 3.07. The lowest BCUT2D eigenvalue weighted by molar-refractivity contribution is 0.172. The third-order valence-corrected chi connectivity index (χ3v) is 5.73. The maximum atomic E-state index is 5.45. The molecule has 6 heteroatoms. The van der Waals surface area contributed by atoms with Crippen LogP contribution >= 0.6 is 0 Å². The molecule has 2 aromatic heterocycles. The predicted octanol–water partition coefficient (Wildman–Crippen LogP) is 4.22. The Labute approximate surface area is 176 Å². The van der Waals surface area contributed by atoms with E-state index in [-0.39, 0.29) is 0 Å². The monoisotopic (exact) mass is 399 g/mol. The van der Waals surface area contributed by atoms with Gasteiger partial charge in [0.2, 0.25) is 0 Å². The van der Waals surface area contributed by atoms with Gasteiger partial charge in [0.15, 0.2) is 5.65 Å². The quantitative estimate of drug-likeness (QED) is 0.504. The Bertz CT molecular complexity index is 1150. The standard InChI is InChI=1S/C24H25N5O/c1-30-22-6-3-2-5-20(22)15-25-23-12-11-21(24-27-26-17-29(23)24)19-9-7-18(8-10-19)16-28-13-4-14-28/h2-3,5-12,17,25H,4,13-16H2,1H3. The summed E-state index contributed by atoms with van der Waals surface area (Å²) in [7, 11) is 1.69. The first-order valence-electron chi connectivity index (χ1n) is 10.3. The van der Waals surface area contributed by atoms with Gasteiger partial charge in [0.1, 0.15) is 17.9 Å². The molecule has 0 aliphatic carbocycles. The molecule has 6 nitrogen and oxygen atoms in total. The topological polar surface area (TPSA) is 54.7 Å². The first-order chi connectivity index (χ1) is 14.8. The van der Waals surface area contributed by atoms with Crippen LogP contribution in [0.3, 0.4) is 0 Å². The van der Waals surface area contributed by atoms with Gasteiger partial charge in [-0.25, -0.2) is 0 Å². The predicted molar refractivity (Wildman–Crippen MR) is 119 cm³/mol. The number of ether oxygens (including phenoxy) is 1. The molecule has 0 atom stereocenters. The summed E-state index contributed by atoms with van der Waals surface area (Å²) in [5, 5.41) is 12.0. The second kappa shape index (κ2) is 8.16. The number of hydrogen-bond acceptors (Lipinski definition) is 5. The summed E-state index contributed by atoms with van der Waals surface area (Å²) in [6, 6.07) is 21.0. The van der Waals surface area contributed by atoms with E-state index in [9.17, 15) is 0 Å². The lowest BCUT2D eigenvalue weighted by atomic mass is 10.0. The van der Waals surface area contributed by atoms with Crippen molar-refractivity contribution in [2.45, 2.75) is 19.5 Å². The minimum Gasteiger partial charge on any atom is -0.496 e. The normalized spacial score (nSPS) is 13.9. The van der Waals surface area contributed by atoms with Crippen LogP contribution in [0.5, 0.6) is 5.75 Å². The number of anilines is 1. The van der Waals surface area contributed by atoms with Gasteiger partial charge in [-0.3, -0.25) is 9.30 Å². The summed E-state index contributed by atoms with van der Waals surface area (Å²) in [4.78, 5) is 2.47. The van der Waals surface area contributed by atoms with Crippen LogP contribution in [-0.2, 0) is 13.1 Å². The molecule has 3 heterocycles. The maximum absolute atomic E-state index is 5.45. The number of nitrogens with zero attached hydrogens (tertiary/aromatic N) is 4. The Kier molecular flexibility index (Phi) is 5.07.